The van der Waals surface area contributed by atoms with Crippen LogP contribution in [0.2, 0.25) is 0 Å². The zero-order chi connectivity index (χ0) is 7.02. The summed E-state index contributed by atoms with van der Waals surface area (Å²) < 4.78 is 0. The van der Waals surface area contributed by atoms with Crippen molar-refractivity contribution in [1.29, 1.82) is 0 Å². The zero-order valence-electron chi connectivity index (χ0n) is 5.55. The molecule has 0 spiro atoms. The molecule has 1 rings (SSSR count). The first-order valence-electron chi connectivity index (χ1n) is 2.76. The van der Waals surface area contributed by atoms with Gasteiger partial charge in [0.05, 0.1) is 10.3 Å². The number of hydrogen-bond acceptors (Lipinski definition) is 2. The number of thioether (sulfide) groups is 1. The van der Waals surface area contributed by atoms with Crippen molar-refractivity contribution >= 4 is 17.7 Å². The molecule has 0 bridgehead atoms. The predicted molar refractivity (Wildman–Crippen MR) is 39.0 cm³/mol. The van der Waals surface area contributed by atoms with E-state index < -0.39 is 0 Å². The summed E-state index contributed by atoms with van der Waals surface area (Å²) in [6, 6.07) is 0. The van der Waals surface area contributed by atoms with E-state index in [1.807, 2.05) is 6.92 Å². The van der Waals surface area contributed by atoms with Crippen LogP contribution in [0.3, 0.4) is 0 Å². The Morgan fingerprint density at radius 3 is 2.44 bits per heavy atom. The van der Waals surface area contributed by atoms with E-state index in [-0.39, 0.29) is 11.2 Å². The second-order valence-corrected chi connectivity index (χ2v) is 3.47. The third kappa shape index (κ3) is 0.965. The van der Waals surface area contributed by atoms with Crippen LogP contribution in [0, 0.1) is 0 Å². The van der Waals surface area contributed by atoms with Crippen molar-refractivity contribution in [2.24, 2.45) is 0 Å². The molecule has 0 aromatic rings. The van der Waals surface area contributed by atoms with Crippen LogP contribution in [0.4, 0.5) is 0 Å². The van der Waals surface area contributed by atoms with Crippen molar-refractivity contribution in [3.8, 4) is 0 Å². The standard InChI is InChI=1S/C6H9NOS/c1-4-6(8)7(3)5(2)9-4/h4H,2H2,1,3H3. The van der Waals surface area contributed by atoms with E-state index in [1.54, 1.807) is 11.9 Å². The van der Waals surface area contributed by atoms with Crippen LogP contribution in [0.15, 0.2) is 11.6 Å². The molecule has 0 aromatic carbocycles. The fourth-order valence-electron chi connectivity index (χ4n) is 0.729. The molecule has 1 amide bonds. The number of rotatable bonds is 0. The summed E-state index contributed by atoms with van der Waals surface area (Å²) in [5.41, 5.74) is 0. The van der Waals surface area contributed by atoms with E-state index in [4.69, 9.17) is 0 Å². The molecular weight excluding hydrogens is 134 g/mol. The third-order valence-corrected chi connectivity index (χ3v) is 2.47. The lowest BCUT2D eigenvalue weighted by Gasteiger charge is -2.05. The van der Waals surface area contributed by atoms with E-state index >= 15 is 0 Å². The summed E-state index contributed by atoms with van der Waals surface area (Å²) in [7, 11) is 1.75. The number of carbonyl (C=O) groups excluding carboxylic acids is 1. The smallest absolute Gasteiger partial charge is 0.240 e. The fraction of sp³-hybridized carbons (Fsp3) is 0.500. The van der Waals surface area contributed by atoms with Crippen molar-refractivity contribution in [2.75, 3.05) is 7.05 Å². The maximum Gasteiger partial charge on any atom is 0.240 e. The van der Waals surface area contributed by atoms with Crippen molar-refractivity contribution in [2.45, 2.75) is 12.2 Å². The molecule has 1 saturated heterocycles. The molecule has 1 unspecified atom stereocenters. The molecule has 2 nitrogen and oxygen atoms in total. The van der Waals surface area contributed by atoms with Gasteiger partial charge in [-0.15, -0.1) is 0 Å². The van der Waals surface area contributed by atoms with Crippen molar-refractivity contribution in [3.05, 3.63) is 11.6 Å². The lowest BCUT2D eigenvalue weighted by atomic mass is 10.4. The predicted octanol–water partition coefficient (Wildman–Crippen LogP) is 1.05. The molecule has 1 heterocycles. The highest BCUT2D eigenvalue weighted by Crippen LogP contribution is 2.31. The zero-order valence-corrected chi connectivity index (χ0v) is 6.36. The number of hydrogen-bond donors (Lipinski definition) is 0. The molecule has 0 aliphatic carbocycles. The first-order chi connectivity index (χ1) is 4.13. The average molecular weight is 143 g/mol. The molecule has 3 heteroatoms. The van der Waals surface area contributed by atoms with Gasteiger partial charge in [0.2, 0.25) is 5.91 Å². The third-order valence-electron chi connectivity index (χ3n) is 1.37. The molecular formula is C6H9NOS. The molecule has 1 atom stereocenters. The lowest BCUT2D eigenvalue weighted by Crippen LogP contribution is -2.22. The minimum atomic E-state index is 0.0718. The van der Waals surface area contributed by atoms with Crippen LogP contribution in [0.5, 0.6) is 0 Å². The molecule has 0 saturated carbocycles. The Bertz CT molecular complexity index is 166. The maximum atomic E-state index is 11.0. The molecule has 9 heavy (non-hydrogen) atoms. The molecule has 1 aliphatic heterocycles. The Kier molecular flexibility index (Phi) is 1.53. The highest BCUT2D eigenvalue weighted by Gasteiger charge is 2.28. The van der Waals surface area contributed by atoms with Crippen LogP contribution >= 0.6 is 11.8 Å². The van der Waals surface area contributed by atoms with E-state index in [0.29, 0.717) is 0 Å². The highest BCUT2D eigenvalue weighted by atomic mass is 32.2. The Hall–Kier alpha value is -0.440. The van der Waals surface area contributed by atoms with Gasteiger partial charge in [0.25, 0.3) is 0 Å². The van der Waals surface area contributed by atoms with Crippen LogP contribution in [-0.2, 0) is 4.79 Å². The van der Waals surface area contributed by atoms with E-state index in [0.717, 1.165) is 5.03 Å². The molecule has 1 fully saturated rings. The summed E-state index contributed by atoms with van der Waals surface area (Å²) in [6.45, 7) is 5.59. The van der Waals surface area contributed by atoms with Gasteiger partial charge in [-0.25, -0.2) is 0 Å². The number of nitrogens with zero attached hydrogens (tertiary/aromatic N) is 1. The van der Waals surface area contributed by atoms with Gasteiger partial charge < -0.3 is 4.90 Å². The van der Waals surface area contributed by atoms with Gasteiger partial charge in [-0.1, -0.05) is 18.3 Å². The molecule has 0 N–H and O–H groups in total. The van der Waals surface area contributed by atoms with Gasteiger partial charge in [-0.2, -0.15) is 0 Å². The van der Waals surface area contributed by atoms with Crippen LogP contribution in [0.25, 0.3) is 0 Å². The minimum absolute atomic E-state index is 0.0718. The summed E-state index contributed by atoms with van der Waals surface area (Å²) in [6.07, 6.45) is 0. The largest absolute Gasteiger partial charge is 0.309 e. The maximum absolute atomic E-state index is 11.0. The average Bonchev–Trinajstić information content (AvgIpc) is 1.98. The molecule has 50 valence electrons. The first-order valence-corrected chi connectivity index (χ1v) is 3.64. The fourth-order valence-corrected chi connectivity index (χ4v) is 1.64. The van der Waals surface area contributed by atoms with Gasteiger partial charge in [0, 0.05) is 7.05 Å². The van der Waals surface area contributed by atoms with E-state index in [2.05, 4.69) is 6.58 Å². The lowest BCUT2D eigenvalue weighted by molar-refractivity contribution is -0.126. The van der Waals surface area contributed by atoms with Crippen molar-refractivity contribution < 1.29 is 4.79 Å². The quantitative estimate of drug-likeness (QED) is 0.505. The second kappa shape index (κ2) is 2.06. The van der Waals surface area contributed by atoms with Crippen LogP contribution in [0.1, 0.15) is 6.92 Å². The monoisotopic (exact) mass is 143 g/mol. The Morgan fingerprint density at radius 1 is 1.78 bits per heavy atom. The van der Waals surface area contributed by atoms with Gasteiger partial charge in [-0.05, 0) is 6.92 Å². The van der Waals surface area contributed by atoms with Gasteiger partial charge >= 0.3 is 0 Å². The normalized spacial score (nSPS) is 27.8. The summed E-state index contributed by atoms with van der Waals surface area (Å²) in [5, 5.41) is 0.926. The summed E-state index contributed by atoms with van der Waals surface area (Å²) in [4.78, 5) is 12.6. The topological polar surface area (TPSA) is 20.3 Å². The highest BCUT2D eigenvalue weighted by molar-refractivity contribution is 8.04. The van der Waals surface area contributed by atoms with E-state index in [9.17, 15) is 4.79 Å². The van der Waals surface area contributed by atoms with E-state index in [1.165, 1.54) is 11.8 Å². The Balaban J connectivity index is 2.77. The van der Waals surface area contributed by atoms with Gasteiger partial charge in [-0.3, -0.25) is 4.79 Å². The van der Waals surface area contributed by atoms with Gasteiger partial charge in [0.1, 0.15) is 0 Å². The molecule has 0 radical (unpaired) electrons. The number of carbonyl (C=O) groups is 1. The summed E-state index contributed by atoms with van der Waals surface area (Å²) in [5.74, 6) is 0.157. The Labute approximate surface area is 58.9 Å². The summed E-state index contributed by atoms with van der Waals surface area (Å²) >= 11 is 1.52. The van der Waals surface area contributed by atoms with Gasteiger partial charge in [0.15, 0.2) is 0 Å². The Morgan fingerprint density at radius 2 is 2.33 bits per heavy atom. The minimum Gasteiger partial charge on any atom is -0.309 e. The van der Waals surface area contributed by atoms with Crippen molar-refractivity contribution in [3.63, 3.8) is 0 Å². The first kappa shape index (κ1) is 6.68. The number of amides is 1. The second-order valence-electron chi connectivity index (χ2n) is 2.05. The molecule has 0 aromatic heterocycles. The van der Waals surface area contributed by atoms with Crippen LogP contribution in [-0.4, -0.2) is 23.1 Å². The van der Waals surface area contributed by atoms with Crippen LogP contribution < -0.4 is 0 Å². The SMILES string of the molecule is C=C1SC(C)C(=O)N1C. The molecule has 1 aliphatic rings. The van der Waals surface area contributed by atoms with Crippen molar-refractivity contribution in [1.82, 2.24) is 4.90 Å².